The van der Waals surface area contributed by atoms with Crippen molar-refractivity contribution in [3.63, 3.8) is 0 Å². The molecule has 2 fully saturated rings. The number of nitrogens with one attached hydrogen (secondary N) is 1. The standard InChI is InChI=1S/C30H28N4O4/c35-26-14-13-25(28(36)31-26)34-18-23-17-22(11-12-24(23)30(34)38)29(37)33-16-15-32(19-33)27(20-7-3-1-4-8-20)21-9-5-2-6-10-21/h1-12,17,25,27H,13-16,18-19H2,(H,31,35,36). The van der Waals surface area contributed by atoms with Gasteiger partial charge in [-0.25, -0.2) is 0 Å². The van der Waals surface area contributed by atoms with Crippen LogP contribution in [0.5, 0.6) is 0 Å². The van der Waals surface area contributed by atoms with E-state index in [1.807, 2.05) is 41.3 Å². The average molecular weight is 509 g/mol. The molecule has 8 heteroatoms. The van der Waals surface area contributed by atoms with Gasteiger partial charge < -0.3 is 9.80 Å². The maximum Gasteiger partial charge on any atom is 0.255 e. The molecule has 0 aromatic heterocycles. The zero-order chi connectivity index (χ0) is 26.2. The van der Waals surface area contributed by atoms with Crippen LogP contribution in [-0.2, 0) is 16.1 Å². The molecule has 8 nitrogen and oxygen atoms in total. The molecule has 4 amide bonds. The molecule has 0 spiro atoms. The molecule has 192 valence electrons. The molecule has 6 rings (SSSR count). The first-order chi connectivity index (χ1) is 18.5. The van der Waals surface area contributed by atoms with E-state index < -0.39 is 11.9 Å². The molecule has 0 radical (unpaired) electrons. The highest BCUT2D eigenvalue weighted by molar-refractivity contribution is 6.06. The maximum atomic E-state index is 13.5. The van der Waals surface area contributed by atoms with Gasteiger partial charge in [0.15, 0.2) is 0 Å². The fourth-order valence-electron chi connectivity index (χ4n) is 5.76. The first kappa shape index (κ1) is 24.1. The number of carbonyl (C=O) groups is 4. The van der Waals surface area contributed by atoms with Gasteiger partial charge in [-0.2, -0.15) is 0 Å². The van der Waals surface area contributed by atoms with Gasteiger partial charge >= 0.3 is 0 Å². The van der Waals surface area contributed by atoms with E-state index in [4.69, 9.17) is 0 Å². The molecular weight excluding hydrogens is 480 g/mol. The van der Waals surface area contributed by atoms with E-state index in [0.29, 0.717) is 30.8 Å². The molecule has 3 aliphatic heterocycles. The van der Waals surface area contributed by atoms with E-state index >= 15 is 0 Å². The van der Waals surface area contributed by atoms with E-state index in [0.717, 1.165) is 12.1 Å². The van der Waals surface area contributed by atoms with Gasteiger partial charge in [-0.05, 0) is 41.3 Å². The average Bonchev–Trinajstić information content (AvgIpc) is 3.54. The fourth-order valence-corrected chi connectivity index (χ4v) is 5.76. The number of benzene rings is 3. The molecular formula is C30H28N4O4. The minimum absolute atomic E-state index is 0.0370. The minimum atomic E-state index is -0.674. The number of amides is 4. The first-order valence-electron chi connectivity index (χ1n) is 12.9. The SMILES string of the molecule is O=C1CCC(N2Cc3cc(C(=O)N4CCN(C(c5ccccc5)c5ccccc5)C4)ccc3C2=O)C(=O)N1. The van der Waals surface area contributed by atoms with E-state index in [2.05, 4.69) is 34.5 Å². The predicted octanol–water partition coefficient (Wildman–Crippen LogP) is 2.95. The third-order valence-corrected chi connectivity index (χ3v) is 7.66. The monoisotopic (exact) mass is 508 g/mol. The third-order valence-electron chi connectivity index (χ3n) is 7.66. The zero-order valence-corrected chi connectivity index (χ0v) is 20.9. The Morgan fingerprint density at radius 1 is 0.868 bits per heavy atom. The summed E-state index contributed by atoms with van der Waals surface area (Å²) >= 11 is 0. The van der Waals surface area contributed by atoms with E-state index in [1.165, 1.54) is 16.0 Å². The lowest BCUT2D eigenvalue weighted by Crippen LogP contribution is -2.52. The van der Waals surface area contributed by atoms with Crippen LogP contribution in [0.2, 0.25) is 0 Å². The van der Waals surface area contributed by atoms with Gasteiger partial charge in [-0.1, -0.05) is 60.7 Å². The van der Waals surface area contributed by atoms with E-state index in [1.54, 1.807) is 18.2 Å². The Kier molecular flexibility index (Phi) is 6.25. The lowest BCUT2D eigenvalue weighted by atomic mass is 9.97. The summed E-state index contributed by atoms with van der Waals surface area (Å²) in [6.07, 6.45) is 0.516. The molecule has 2 saturated heterocycles. The smallest absolute Gasteiger partial charge is 0.255 e. The highest BCUT2D eigenvalue weighted by atomic mass is 16.2. The van der Waals surface area contributed by atoms with Gasteiger partial charge in [0.2, 0.25) is 11.8 Å². The normalized spacial score (nSPS) is 19.7. The number of hydrogen-bond donors (Lipinski definition) is 1. The largest absolute Gasteiger partial charge is 0.324 e. The van der Waals surface area contributed by atoms with Gasteiger partial charge in [0.1, 0.15) is 6.04 Å². The topological polar surface area (TPSA) is 90.0 Å². The van der Waals surface area contributed by atoms with Gasteiger partial charge in [-0.15, -0.1) is 0 Å². The lowest BCUT2D eigenvalue weighted by Gasteiger charge is -2.29. The number of piperidine rings is 1. The molecule has 0 saturated carbocycles. The van der Waals surface area contributed by atoms with Crippen LogP contribution in [0.3, 0.4) is 0 Å². The van der Waals surface area contributed by atoms with Crippen molar-refractivity contribution in [2.45, 2.75) is 31.5 Å². The second-order valence-corrected chi connectivity index (χ2v) is 10.0. The Bertz CT molecular complexity index is 1370. The summed E-state index contributed by atoms with van der Waals surface area (Å²) in [5.74, 6) is -1.08. The van der Waals surface area contributed by atoms with Gasteiger partial charge in [-0.3, -0.25) is 29.4 Å². The van der Waals surface area contributed by atoms with Crippen LogP contribution in [-0.4, -0.2) is 64.1 Å². The Morgan fingerprint density at radius 3 is 2.21 bits per heavy atom. The molecule has 38 heavy (non-hydrogen) atoms. The summed E-state index contributed by atoms with van der Waals surface area (Å²) < 4.78 is 0. The van der Waals surface area contributed by atoms with Crippen LogP contribution in [0, 0.1) is 0 Å². The van der Waals surface area contributed by atoms with Crippen molar-refractivity contribution in [2.24, 2.45) is 0 Å². The van der Waals surface area contributed by atoms with Crippen molar-refractivity contribution in [3.05, 3.63) is 107 Å². The zero-order valence-electron chi connectivity index (χ0n) is 20.9. The quantitative estimate of drug-likeness (QED) is 0.536. The summed E-state index contributed by atoms with van der Waals surface area (Å²) in [6, 6.07) is 25.1. The summed E-state index contributed by atoms with van der Waals surface area (Å²) in [6.45, 7) is 2.09. The second kappa shape index (κ2) is 9.87. The van der Waals surface area contributed by atoms with Gasteiger partial charge in [0.05, 0.1) is 12.7 Å². The number of fused-ring (bicyclic) bond motifs is 1. The van der Waals surface area contributed by atoms with Crippen LogP contribution in [0.15, 0.2) is 78.9 Å². The fraction of sp³-hybridized carbons (Fsp3) is 0.267. The first-order valence-corrected chi connectivity index (χ1v) is 12.9. The summed E-state index contributed by atoms with van der Waals surface area (Å²) in [5, 5.41) is 2.32. The number of rotatable bonds is 5. The predicted molar refractivity (Wildman–Crippen MR) is 140 cm³/mol. The van der Waals surface area contributed by atoms with E-state index in [9.17, 15) is 19.2 Å². The van der Waals surface area contributed by atoms with Crippen molar-refractivity contribution < 1.29 is 19.2 Å². The highest BCUT2D eigenvalue weighted by Crippen LogP contribution is 2.32. The number of imide groups is 1. The molecule has 3 aliphatic rings. The molecule has 3 aromatic carbocycles. The molecule has 1 N–H and O–H groups in total. The van der Waals surface area contributed by atoms with Crippen LogP contribution in [0.1, 0.15) is 56.3 Å². The highest BCUT2D eigenvalue weighted by Gasteiger charge is 2.39. The third kappa shape index (κ3) is 4.37. The molecule has 1 unspecified atom stereocenters. The van der Waals surface area contributed by atoms with Crippen molar-refractivity contribution in [1.29, 1.82) is 0 Å². The molecule has 3 heterocycles. The van der Waals surface area contributed by atoms with Crippen LogP contribution < -0.4 is 5.32 Å². The van der Waals surface area contributed by atoms with Crippen molar-refractivity contribution in [2.75, 3.05) is 19.8 Å². The van der Waals surface area contributed by atoms with Crippen molar-refractivity contribution in [1.82, 2.24) is 20.0 Å². The number of hydrogen-bond acceptors (Lipinski definition) is 5. The Labute approximate surface area is 220 Å². The van der Waals surface area contributed by atoms with Gasteiger partial charge in [0.25, 0.3) is 11.8 Å². The summed E-state index contributed by atoms with van der Waals surface area (Å²) in [4.78, 5) is 56.1. The maximum absolute atomic E-state index is 13.5. The van der Waals surface area contributed by atoms with Crippen LogP contribution >= 0.6 is 0 Å². The number of nitrogens with zero attached hydrogens (tertiary/aromatic N) is 3. The summed E-state index contributed by atoms with van der Waals surface area (Å²) in [7, 11) is 0. The van der Waals surface area contributed by atoms with Crippen LogP contribution in [0.25, 0.3) is 0 Å². The Hall–Kier alpha value is -4.30. The number of carbonyl (C=O) groups excluding carboxylic acids is 4. The Balaban J connectivity index is 1.19. The Morgan fingerprint density at radius 2 is 1.55 bits per heavy atom. The van der Waals surface area contributed by atoms with Gasteiger partial charge in [0, 0.05) is 37.2 Å². The molecule has 0 bridgehead atoms. The van der Waals surface area contributed by atoms with Crippen LogP contribution in [0.4, 0.5) is 0 Å². The lowest BCUT2D eigenvalue weighted by molar-refractivity contribution is -0.136. The molecule has 0 aliphatic carbocycles. The van der Waals surface area contributed by atoms with Crippen molar-refractivity contribution >= 4 is 23.6 Å². The minimum Gasteiger partial charge on any atom is -0.324 e. The second-order valence-electron chi connectivity index (χ2n) is 10.0. The summed E-state index contributed by atoms with van der Waals surface area (Å²) in [5.41, 5.74) is 4.12. The molecule has 3 aromatic rings. The van der Waals surface area contributed by atoms with Crippen molar-refractivity contribution in [3.8, 4) is 0 Å². The molecule has 1 atom stereocenters. The van der Waals surface area contributed by atoms with E-state index in [-0.39, 0.29) is 36.7 Å².